The van der Waals surface area contributed by atoms with E-state index < -0.39 is 0 Å². The van der Waals surface area contributed by atoms with E-state index >= 15 is 0 Å². The molecule has 0 aliphatic carbocycles. The van der Waals surface area contributed by atoms with E-state index in [9.17, 15) is 9.59 Å². The molecule has 0 radical (unpaired) electrons. The molecule has 1 aromatic carbocycles. The van der Waals surface area contributed by atoms with Crippen molar-refractivity contribution < 1.29 is 9.59 Å². The zero-order chi connectivity index (χ0) is 15.2. The molecule has 0 unspecified atom stereocenters. The van der Waals surface area contributed by atoms with Crippen LogP contribution in [0.2, 0.25) is 5.02 Å². The lowest BCUT2D eigenvalue weighted by Gasteiger charge is -2.22. The second-order valence-corrected chi connectivity index (χ2v) is 5.66. The van der Waals surface area contributed by atoms with Gasteiger partial charge >= 0.3 is 0 Å². The summed E-state index contributed by atoms with van der Waals surface area (Å²) >= 11 is 6.09. The van der Waals surface area contributed by atoms with Crippen molar-refractivity contribution >= 4 is 23.4 Å². The van der Waals surface area contributed by atoms with Crippen LogP contribution in [0.1, 0.15) is 36.5 Å². The van der Waals surface area contributed by atoms with Gasteiger partial charge in [-0.1, -0.05) is 30.7 Å². The fraction of sp³-hybridized carbons (Fsp3) is 0.500. The van der Waals surface area contributed by atoms with Crippen LogP contribution in [0.25, 0.3) is 0 Å². The Morgan fingerprint density at radius 3 is 2.48 bits per heavy atom. The van der Waals surface area contributed by atoms with Gasteiger partial charge in [-0.15, -0.1) is 0 Å². The smallest absolute Gasteiger partial charge is 0.255 e. The molecule has 4 nitrogen and oxygen atoms in total. The largest absolute Gasteiger partial charge is 0.341 e. The third-order valence-corrected chi connectivity index (χ3v) is 4.03. The van der Waals surface area contributed by atoms with Gasteiger partial charge in [0, 0.05) is 32.6 Å². The number of carbonyl (C=O) groups excluding carboxylic acids is 2. The lowest BCUT2D eigenvalue weighted by Crippen LogP contribution is -2.37. The van der Waals surface area contributed by atoms with E-state index in [2.05, 4.69) is 0 Å². The third kappa shape index (κ3) is 3.97. The van der Waals surface area contributed by atoms with Gasteiger partial charge in [0.1, 0.15) is 0 Å². The molecule has 0 atom stereocenters. The second-order valence-electron chi connectivity index (χ2n) is 5.26. The Hall–Kier alpha value is -1.55. The van der Waals surface area contributed by atoms with E-state index in [0.29, 0.717) is 36.6 Å². The SMILES string of the molecule is CCCC(=O)N1CCCN(C(=O)c2ccccc2Cl)CC1. The van der Waals surface area contributed by atoms with Gasteiger partial charge in [0.2, 0.25) is 5.91 Å². The summed E-state index contributed by atoms with van der Waals surface area (Å²) in [5, 5.41) is 0.477. The van der Waals surface area contributed by atoms with E-state index in [1.165, 1.54) is 0 Å². The summed E-state index contributed by atoms with van der Waals surface area (Å²) in [6, 6.07) is 7.10. The quantitative estimate of drug-likeness (QED) is 0.861. The van der Waals surface area contributed by atoms with Crippen LogP contribution in [0, 0.1) is 0 Å². The van der Waals surface area contributed by atoms with Gasteiger partial charge in [0.25, 0.3) is 5.91 Å². The van der Waals surface area contributed by atoms with Crippen LogP contribution in [0.15, 0.2) is 24.3 Å². The maximum Gasteiger partial charge on any atom is 0.255 e. The van der Waals surface area contributed by atoms with Crippen molar-refractivity contribution in [3.05, 3.63) is 34.9 Å². The maximum absolute atomic E-state index is 12.5. The van der Waals surface area contributed by atoms with Gasteiger partial charge in [-0.05, 0) is 25.0 Å². The number of nitrogens with zero attached hydrogens (tertiary/aromatic N) is 2. The summed E-state index contributed by atoms with van der Waals surface area (Å²) < 4.78 is 0. The fourth-order valence-electron chi connectivity index (χ4n) is 2.55. The van der Waals surface area contributed by atoms with E-state index in [-0.39, 0.29) is 11.8 Å². The van der Waals surface area contributed by atoms with Crippen molar-refractivity contribution in [2.75, 3.05) is 26.2 Å². The minimum absolute atomic E-state index is 0.0506. The van der Waals surface area contributed by atoms with Crippen molar-refractivity contribution in [3.8, 4) is 0 Å². The highest BCUT2D eigenvalue weighted by atomic mass is 35.5. The monoisotopic (exact) mass is 308 g/mol. The summed E-state index contributed by atoms with van der Waals surface area (Å²) in [6.45, 7) is 4.57. The van der Waals surface area contributed by atoms with E-state index in [1.807, 2.05) is 24.0 Å². The molecule has 0 aromatic heterocycles. The first kappa shape index (κ1) is 15.8. The molecule has 1 aliphatic heterocycles. The first-order valence-corrected chi connectivity index (χ1v) is 7.83. The van der Waals surface area contributed by atoms with Crippen molar-refractivity contribution in [2.45, 2.75) is 26.2 Å². The second kappa shape index (κ2) is 7.46. The summed E-state index contributed by atoms with van der Waals surface area (Å²) in [7, 11) is 0. The van der Waals surface area contributed by atoms with Crippen LogP contribution in [0.5, 0.6) is 0 Å². The van der Waals surface area contributed by atoms with E-state index in [1.54, 1.807) is 17.0 Å². The number of halogens is 1. The molecule has 1 aromatic rings. The first-order chi connectivity index (χ1) is 10.1. The Labute approximate surface area is 130 Å². The lowest BCUT2D eigenvalue weighted by molar-refractivity contribution is -0.131. The van der Waals surface area contributed by atoms with Crippen LogP contribution in [-0.2, 0) is 4.79 Å². The Morgan fingerprint density at radius 2 is 1.76 bits per heavy atom. The number of amides is 2. The molecule has 1 fully saturated rings. The summed E-state index contributed by atoms with van der Waals surface area (Å²) in [5.74, 6) is 0.134. The standard InChI is InChI=1S/C16H21ClN2O2/c1-2-6-15(20)18-9-5-10-19(12-11-18)16(21)13-7-3-4-8-14(13)17/h3-4,7-8H,2,5-6,9-12H2,1H3. The van der Waals surface area contributed by atoms with Crippen LogP contribution < -0.4 is 0 Å². The highest BCUT2D eigenvalue weighted by Gasteiger charge is 2.23. The van der Waals surface area contributed by atoms with Crippen LogP contribution in [0.4, 0.5) is 0 Å². The first-order valence-electron chi connectivity index (χ1n) is 7.45. The number of carbonyl (C=O) groups is 2. The minimum atomic E-state index is -0.0506. The van der Waals surface area contributed by atoms with Gasteiger partial charge in [-0.2, -0.15) is 0 Å². The van der Waals surface area contributed by atoms with Crippen LogP contribution in [-0.4, -0.2) is 47.8 Å². The normalized spacial score (nSPS) is 15.7. The molecule has 1 saturated heterocycles. The molecular formula is C16H21ClN2O2. The molecule has 0 N–H and O–H groups in total. The van der Waals surface area contributed by atoms with E-state index in [4.69, 9.17) is 11.6 Å². The van der Waals surface area contributed by atoms with Gasteiger partial charge in [0.15, 0.2) is 0 Å². The topological polar surface area (TPSA) is 40.6 Å². The lowest BCUT2D eigenvalue weighted by atomic mass is 10.2. The fourth-order valence-corrected chi connectivity index (χ4v) is 2.76. The zero-order valence-corrected chi connectivity index (χ0v) is 13.1. The van der Waals surface area contributed by atoms with Gasteiger partial charge < -0.3 is 9.80 Å². The van der Waals surface area contributed by atoms with Gasteiger partial charge in [0.05, 0.1) is 10.6 Å². The van der Waals surface area contributed by atoms with E-state index in [0.717, 1.165) is 19.4 Å². The average molecular weight is 309 g/mol. The Morgan fingerprint density at radius 1 is 1.10 bits per heavy atom. The molecule has 114 valence electrons. The molecule has 5 heteroatoms. The minimum Gasteiger partial charge on any atom is -0.341 e. The molecule has 2 amide bonds. The van der Waals surface area contributed by atoms with Crippen molar-refractivity contribution in [3.63, 3.8) is 0 Å². The molecule has 0 spiro atoms. The number of hydrogen-bond donors (Lipinski definition) is 0. The predicted octanol–water partition coefficient (Wildman–Crippen LogP) is 2.81. The average Bonchev–Trinajstić information content (AvgIpc) is 2.73. The highest BCUT2D eigenvalue weighted by Crippen LogP contribution is 2.18. The molecule has 0 saturated carbocycles. The van der Waals surface area contributed by atoms with Crippen LogP contribution >= 0.6 is 11.6 Å². The Bertz CT molecular complexity index is 519. The summed E-state index contributed by atoms with van der Waals surface area (Å²) in [6.07, 6.45) is 2.25. The van der Waals surface area contributed by atoms with Crippen molar-refractivity contribution in [2.24, 2.45) is 0 Å². The molecule has 21 heavy (non-hydrogen) atoms. The number of benzene rings is 1. The highest BCUT2D eigenvalue weighted by molar-refractivity contribution is 6.33. The predicted molar refractivity (Wildman–Crippen MR) is 83.5 cm³/mol. The Kier molecular flexibility index (Phi) is 5.62. The molecule has 1 heterocycles. The zero-order valence-electron chi connectivity index (χ0n) is 12.3. The third-order valence-electron chi connectivity index (χ3n) is 3.70. The Balaban J connectivity index is 2.01. The van der Waals surface area contributed by atoms with Gasteiger partial charge in [-0.25, -0.2) is 0 Å². The maximum atomic E-state index is 12.5. The number of hydrogen-bond acceptors (Lipinski definition) is 2. The molecule has 1 aliphatic rings. The summed E-state index contributed by atoms with van der Waals surface area (Å²) in [4.78, 5) is 28.1. The van der Waals surface area contributed by atoms with Gasteiger partial charge in [-0.3, -0.25) is 9.59 Å². The summed E-state index contributed by atoms with van der Waals surface area (Å²) in [5.41, 5.74) is 0.535. The van der Waals surface area contributed by atoms with Crippen LogP contribution in [0.3, 0.4) is 0 Å². The van der Waals surface area contributed by atoms with Crippen molar-refractivity contribution in [1.29, 1.82) is 0 Å². The van der Waals surface area contributed by atoms with Crippen molar-refractivity contribution in [1.82, 2.24) is 9.80 Å². The number of rotatable bonds is 3. The molecule has 0 bridgehead atoms. The molecular weight excluding hydrogens is 288 g/mol. The molecule has 2 rings (SSSR count).